The summed E-state index contributed by atoms with van der Waals surface area (Å²) in [4.78, 5) is 19.4. The first-order chi connectivity index (χ1) is 20.6. The Kier molecular flexibility index (Phi) is 6.48. The SMILES string of the molecule is CC1(Nc2cc(-c3ccc4cc(C#N)cnn34)ncc2-c2nnc(N3C[C@H]4CC[C@@H](C3)C4CC(=O)C(C)(C)O)o2)COC1. The molecule has 3 aliphatic rings. The lowest BCUT2D eigenvalue weighted by molar-refractivity contribution is -0.135. The molecule has 1 aliphatic carbocycles. The lowest BCUT2D eigenvalue weighted by Gasteiger charge is -2.40. The third kappa shape index (κ3) is 5.02. The molecule has 4 aromatic heterocycles. The van der Waals surface area contributed by atoms with E-state index in [2.05, 4.69) is 38.5 Å². The summed E-state index contributed by atoms with van der Waals surface area (Å²) in [6, 6.07) is 10.2. The van der Waals surface area contributed by atoms with E-state index in [1.807, 2.05) is 18.2 Å². The van der Waals surface area contributed by atoms with Gasteiger partial charge in [0.25, 0.3) is 5.89 Å². The molecule has 6 heterocycles. The minimum atomic E-state index is -1.30. The maximum absolute atomic E-state index is 12.6. The van der Waals surface area contributed by atoms with Crippen LogP contribution in [-0.4, -0.2) is 73.1 Å². The number of aliphatic hydroxyl groups is 1. The highest BCUT2D eigenvalue weighted by Crippen LogP contribution is 2.45. The zero-order chi connectivity index (χ0) is 29.9. The fraction of sp³-hybridized carbons (Fsp3) is 0.484. The molecule has 12 heteroatoms. The van der Waals surface area contributed by atoms with Crippen molar-refractivity contribution in [1.29, 1.82) is 5.26 Å². The largest absolute Gasteiger partial charge is 0.403 e. The number of nitriles is 1. The number of ether oxygens (including phenoxy) is 1. The highest BCUT2D eigenvalue weighted by atomic mass is 16.5. The molecule has 0 amide bonds. The summed E-state index contributed by atoms with van der Waals surface area (Å²) in [6.07, 6.45) is 5.78. The van der Waals surface area contributed by atoms with Crippen LogP contribution in [0.4, 0.5) is 11.7 Å². The Morgan fingerprint density at radius 3 is 2.63 bits per heavy atom. The molecule has 2 bridgehead atoms. The molecule has 7 rings (SSSR count). The lowest BCUT2D eigenvalue weighted by Crippen LogP contribution is -2.53. The van der Waals surface area contributed by atoms with Crippen LogP contribution in [0, 0.1) is 29.1 Å². The van der Waals surface area contributed by atoms with Gasteiger partial charge in [-0.1, -0.05) is 5.10 Å². The zero-order valence-electron chi connectivity index (χ0n) is 24.4. The van der Waals surface area contributed by atoms with Crippen molar-refractivity contribution in [2.24, 2.45) is 17.8 Å². The van der Waals surface area contributed by atoms with Crippen LogP contribution in [0.5, 0.6) is 0 Å². The highest BCUT2D eigenvalue weighted by molar-refractivity contribution is 5.86. The van der Waals surface area contributed by atoms with Crippen molar-refractivity contribution in [1.82, 2.24) is 24.8 Å². The summed E-state index contributed by atoms with van der Waals surface area (Å²) in [5, 5.41) is 36.3. The number of Topliss-reactive ketones (excluding diaryl/α,β-unsaturated/α-hetero) is 1. The Morgan fingerprint density at radius 2 is 1.95 bits per heavy atom. The van der Waals surface area contributed by atoms with Crippen molar-refractivity contribution in [3.05, 3.63) is 42.2 Å². The van der Waals surface area contributed by atoms with Gasteiger partial charge in [0.2, 0.25) is 0 Å². The second-order valence-electron chi connectivity index (χ2n) is 12.9. The number of nitrogens with one attached hydrogen (secondary N) is 1. The summed E-state index contributed by atoms with van der Waals surface area (Å²) >= 11 is 0. The number of rotatable bonds is 8. The Bertz CT molecular complexity index is 1730. The fourth-order valence-corrected chi connectivity index (χ4v) is 6.67. The van der Waals surface area contributed by atoms with Crippen LogP contribution < -0.4 is 10.2 Å². The number of pyridine rings is 1. The van der Waals surface area contributed by atoms with Crippen LogP contribution in [0.2, 0.25) is 0 Å². The predicted molar refractivity (Wildman–Crippen MR) is 157 cm³/mol. The summed E-state index contributed by atoms with van der Waals surface area (Å²) in [5.74, 6) is 1.21. The molecule has 0 radical (unpaired) electrons. The number of fused-ring (bicyclic) bond motifs is 3. The van der Waals surface area contributed by atoms with Crippen LogP contribution in [0.15, 0.2) is 41.1 Å². The van der Waals surface area contributed by atoms with Crippen LogP contribution in [0.25, 0.3) is 28.4 Å². The quantitative estimate of drug-likeness (QED) is 0.312. The molecule has 0 spiro atoms. The van der Waals surface area contributed by atoms with E-state index in [9.17, 15) is 15.2 Å². The summed E-state index contributed by atoms with van der Waals surface area (Å²) in [7, 11) is 0. The van der Waals surface area contributed by atoms with Crippen LogP contribution in [0.1, 0.15) is 45.6 Å². The molecule has 1 unspecified atom stereocenters. The van der Waals surface area contributed by atoms with Gasteiger partial charge in [0.1, 0.15) is 11.7 Å². The number of carbonyl (C=O) groups is 1. The predicted octanol–water partition coefficient (Wildman–Crippen LogP) is 3.71. The van der Waals surface area contributed by atoms with E-state index in [0.29, 0.717) is 60.2 Å². The molecule has 2 N–H and O–H groups in total. The molecule has 0 aromatic carbocycles. The molecule has 1 saturated carbocycles. The summed E-state index contributed by atoms with van der Waals surface area (Å²) < 4.78 is 13.5. The highest BCUT2D eigenvalue weighted by Gasteiger charge is 2.45. The van der Waals surface area contributed by atoms with Crippen LogP contribution in [0.3, 0.4) is 0 Å². The molecule has 43 heavy (non-hydrogen) atoms. The van der Waals surface area contributed by atoms with Gasteiger partial charge in [-0.25, -0.2) is 4.52 Å². The minimum Gasteiger partial charge on any atom is -0.403 e. The Morgan fingerprint density at radius 1 is 1.19 bits per heavy atom. The number of ketones is 1. The van der Waals surface area contributed by atoms with Crippen molar-refractivity contribution in [2.75, 3.05) is 36.5 Å². The molecular weight excluding hydrogens is 548 g/mol. The topological polar surface area (TPSA) is 155 Å². The minimum absolute atomic E-state index is 0.0969. The van der Waals surface area contributed by atoms with Gasteiger partial charge in [-0.15, -0.1) is 5.10 Å². The van der Waals surface area contributed by atoms with Crippen LogP contribution in [-0.2, 0) is 9.53 Å². The zero-order valence-corrected chi connectivity index (χ0v) is 24.4. The molecule has 12 nitrogen and oxygen atoms in total. The van der Waals surface area contributed by atoms with Crippen molar-refractivity contribution in [3.63, 3.8) is 0 Å². The number of carbonyl (C=O) groups excluding carboxylic acids is 1. The number of anilines is 2. The molecule has 3 fully saturated rings. The number of nitrogens with zero attached hydrogens (tertiary/aromatic N) is 7. The van der Waals surface area contributed by atoms with Crippen LogP contribution >= 0.6 is 0 Å². The number of aromatic nitrogens is 5. The molecular formula is C31H34N8O4. The van der Waals surface area contributed by atoms with Crippen molar-refractivity contribution >= 4 is 23.0 Å². The standard InChI is InChI=1S/C31H34N8O4/c1-30(2,41)27(40)9-22-19-4-5-20(22)15-38(14-19)29-37-36-28(43-29)23-13-33-25(10-24(23)35-31(3)16-42-17-31)26-7-6-21-8-18(11-32)12-34-39(21)26/h6-8,10,12-13,19-20,22,41H,4-5,9,14-17H2,1-3H3,(H,33,35)/t19-,20+,22?. The first kappa shape index (κ1) is 27.5. The average molecular weight is 583 g/mol. The maximum Gasteiger partial charge on any atom is 0.318 e. The van der Waals surface area contributed by atoms with E-state index in [1.54, 1.807) is 30.6 Å². The van der Waals surface area contributed by atoms with Gasteiger partial charge >= 0.3 is 6.01 Å². The van der Waals surface area contributed by atoms with E-state index < -0.39 is 5.60 Å². The Balaban J connectivity index is 1.16. The van der Waals surface area contributed by atoms with E-state index >= 15 is 0 Å². The Labute approximate surface area is 248 Å². The van der Waals surface area contributed by atoms with Crippen molar-refractivity contribution in [3.8, 4) is 28.9 Å². The first-order valence-corrected chi connectivity index (χ1v) is 14.7. The Hall–Kier alpha value is -4.34. The number of hydrogen-bond acceptors (Lipinski definition) is 11. The smallest absolute Gasteiger partial charge is 0.318 e. The molecule has 2 aliphatic heterocycles. The van der Waals surface area contributed by atoms with Gasteiger partial charge in [-0.3, -0.25) is 9.78 Å². The third-order valence-corrected chi connectivity index (χ3v) is 9.12. The summed E-state index contributed by atoms with van der Waals surface area (Å²) in [5.41, 5.74) is 2.71. The van der Waals surface area contributed by atoms with Gasteiger partial charge in [0.15, 0.2) is 5.78 Å². The molecule has 222 valence electrons. The van der Waals surface area contributed by atoms with Gasteiger partial charge in [-0.2, -0.15) is 10.4 Å². The number of hydrogen-bond donors (Lipinski definition) is 2. The number of piperidine rings is 1. The summed E-state index contributed by atoms with van der Waals surface area (Å²) in [6.45, 7) is 7.85. The van der Waals surface area contributed by atoms with E-state index in [-0.39, 0.29) is 17.2 Å². The van der Waals surface area contributed by atoms with Gasteiger partial charge in [-0.05, 0) is 75.6 Å². The van der Waals surface area contributed by atoms with E-state index in [4.69, 9.17) is 14.1 Å². The van der Waals surface area contributed by atoms with E-state index in [1.165, 1.54) is 6.20 Å². The first-order valence-electron chi connectivity index (χ1n) is 14.7. The second kappa shape index (κ2) is 10.1. The van der Waals surface area contributed by atoms with E-state index in [0.717, 1.165) is 42.8 Å². The van der Waals surface area contributed by atoms with Gasteiger partial charge < -0.3 is 24.5 Å². The lowest BCUT2D eigenvalue weighted by atomic mass is 9.79. The second-order valence-corrected chi connectivity index (χ2v) is 12.9. The third-order valence-electron chi connectivity index (χ3n) is 9.12. The van der Waals surface area contributed by atoms with Crippen molar-refractivity contribution < 1.29 is 19.1 Å². The maximum atomic E-state index is 12.6. The molecule has 3 atom stereocenters. The fourth-order valence-electron chi connectivity index (χ4n) is 6.67. The normalized spacial score (nSPS) is 22.8. The molecule has 2 saturated heterocycles. The monoisotopic (exact) mass is 582 g/mol. The average Bonchev–Trinajstić information content (AvgIpc) is 3.67. The van der Waals surface area contributed by atoms with Gasteiger partial charge in [0, 0.05) is 25.7 Å². The molecule has 4 aromatic rings. The van der Waals surface area contributed by atoms with Crippen molar-refractivity contribution in [2.45, 2.75) is 51.2 Å². The van der Waals surface area contributed by atoms with Gasteiger partial charge in [0.05, 0.1) is 58.7 Å².